The second-order valence-corrected chi connectivity index (χ2v) is 5.80. The van der Waals surface area contributed by atoms with Crippen molar-refractivity contribution in [3.63, 3.8) is 0 Å². The zero-order valence-electron chi connectivity index (χ0n) is 10.3. The lowest BCUT2D eigenvalue weighted by atomic mass is 10.1. The minimum absolute atomic E-state index is 0.367. The van der Waals surface area contributed by atoms with E-state index in [4.69, 9.17) is 11.6 Å². The molecule has 2 aromatic rings. The van der Waals surface area contributed by atoms with Gasteiger partial charge in [-0.2, -0.15) is 0 Å². The van der Waals surface area contributed by atoms with Crippen molar-refractivity contribution in [1.82, 2.24) is 9.65 Å². The molecule has 3 rings (SSSR count). The van der Waals surface area contributed by atoms with Gasteiger partial charge in [-0.3, -0.25) is 9.65 Å². The van der Waals surface area contributed by atoms with Crippen molar-refractivity contribution in [2.45, 2.75) is 0 Å². The van der Waals surface area contributed by atoms with Crippen molar-refractivity contribution < 1.29 is 4.39 Å². The van der Waals surface area contributed by atoms with Crippen LogP contribution in [0.3, 0.4) is 0 Å². The fourth-order valence-electron chi connectivity index (χ4n) is 2.40. The summed E-state index contributed by atoms with van der Waals surface area (Å²) in [7, 11) is 2.72. The van der Waals surface area contributed by atoms with Gasteiger partial charge in [0, 0.05) is 48.5 Å². The second kappa shape index (κ2) is 5.20. The van der Waals surface area contributed by atoms with Gasteiger partial charge in [-0.05, 0) is 18.2 Å². The summed E-state index contributed by atoms with van der Waals surface area (Å²) in [6, 6.07) is 5.02. The number of rotatable bonds is 1. The summed E-state index contributed by atoms with van der Waals surface area (Å²) in [4.78, 5) is 6.37. The zero-order chi connectivity index (χ0) is 13.4. The summed E-state index contributed by atoms with van der Waals surface area (Å²) in [5.41, 5.74) is 1.39. The topological polar surface area (TPSA) is 19.4 Å². The van der Waals surface area contributed by atoms with Crippen molar-refractivity contribution in [3.05, 3.63) is 35.2 Å². The first-order valence-corrected chi connectivity index (χ1v) is 7.03. The first kappa shape index (κ1) is 13.0. The standard InChI is InChI=1S/C13H14ClFN3P/c14-9-7-10-12(17-3-5-18(19)6-4-17)1-2-16-13(10)11(15)8-9/h1-2,7-8H,3-6,19H2. The SMILES string of the molecule is Fc1cc(Cl)cc2c(N3CCN(P)CC3)ccnc12. The average molecular weight is 298 g/mol. The summed E-state index contributed by atoms with van der Waals surface area (Å²) in [5, 5.41) is 1.19. The molecule has 0 saturated carbocycles. The van der Waals surface area contributed by atoms with Gasteiger partial charge in [0.25, 0.3) is 0 Å². The van der Waals surface area contributed by atoms with Crippen LogP contribution in [0.2, 0.25) is 5.02 Å². The van der Waals surface area contributed by atoms with E-state index in [1.54, 1.807) is 12.3 Å². The van der Waals surface area contributed by atoms with Gasteiger partial charge in [-0.25, -0.2) is 4.39 Å². The summed E-state index contributed by atoms with van der Waals surface area (Å²) in [6.45, 7) is 3.77. The number of anilines is 1. The number of fused-ring (bicyclic) bond motifs is 1. The van der Waals surface area contributed by atoms with E-state index in [-0.39, 0.29) is 5.82 Å². The first-order valence-electron chi connectivity index (χ1n) is 6.13. The summed E-state index contributed by atoms with van der Waals surface area (Å²) >= 11 is 5.96. The minimum Gasteiger partial charge on any atom is -0.368 e. The van der Waals surface area contributed by atoms with Crippen LogP contribution in [0, 0.1) is 5.82 Å². The quantitative estimate of drug-likeness (QED) is 0.755. The average Bonchev–Trinajstić information content (AvgIpc) is 2.39. The third kappa shape index (κ3) is 2.53. The monoisotopic (exact) mass is 297 g/mol. The fourth-order valence-corrected chi connectivity index (χ4v) is 2.84. The molecule has 1 aromatic carbocycles. The molecule has 0 bridgehead atoms. The molecule has 1 unspecified atom stereocenters. The smallest absolute Gasteiger partial charge is 0.150 e. The number of aromatic nitrogens is 1. The zero-order valence-corrected chi connectivity index (χ0v) is 12.2. The molecule has 1 saturated heterocycles. The number of benzene rings is 1. The van der Waals surface area contributed by atoms with Gasteiger partial charge in [-0.1, -0.05) is 21.0 Å². The van der Waals surface area contributed by atoms with E-state index >= 15 is 0 Å². The Hall–Kier alpha value is -0.960. The number of pyridine rings is 1. The van der Waals surface area contributed by atoms with E-state index in [0.29, 0.717) is 10.5 Å². The van der Waals surface area contributed by atoms with Crippen LogP contribution in [-0.2, 0) is 0 Å². The van der Waals surface area contributed by atoms with Crippen molar-refractivity contribution in [2.75, 3.05) is 31.1 Å². The molecular formula is C13H14ClFN3P. The summed E-state index contributed by atoms with van der Waals surface area (Å²) < 4.78 is 16.1. The number of hydrogen-bond acceptors (Lipinski definition) is 3. The maximum Gasteiger partial charge on any atom is 0.150 e. The van der Waals surface area contributed by atoms with E-state index in [9.17, 15) is 4.39 Å². The molecule has 1 atom stereocenters. The molecule has 0 radical (unpaired) electrons. The Morgan fingerprint density at radius 2 is 1.95 bits per heavy atom. The van der Waals surface area contributed by atoms with Crippen LogP contribution in [0.1, 0.15) is 0 Å². The number of piperazine rings is 1. The lowest BCUT2D eigenvalue weighted by Crippen LogP contribution is -2.42. The van der Waals surface area contributed by atoms with E-state index in [0.717, 1.165) is 37.3 Å². The van der Waals surface area contributed by atoms with Crippen LogP contribution in [0.15, 0.2) is 24.4 Å². The normalized spacial score (nSPS) is 17.1. The third-order valence-corrected chi connectivity index (χ3v) is 4.13. The van der Waals surface area contributed by atoms with Crippen LogP contribution in [-0.4, -0.2) is 35.8 Å². The highest BCUT2D eigenvalue weighted by molar-refractivity contribution is 7.13. The van der Waals surface area contributed by atoms with Crippen LogP contribution < -0.4 is 4.90 Å². The predicted octanol–water partition coefficient (Wildman–Crippen LogP) is 2.94. The molecular weight excluding hydrogens is 284 g/mol. The van der Waals surface area contributed by atoms with Crippen molar-refractivity contribution >= 4 is 37.6 Å². The Balaban J connectivity index is 2.08. The van der Waals surface area contributed by atoms with Crippen molar-refractivity contribution in [2.24, 2.45) is 0 Å². The van der Waals surface area contributed by atoms with E-state index < -0.39 is 0 Å². The molecule has 0 aliphatic carbocycles. The van der Waals surface area contributed by atoms with Gasteiger partial charge in [0.05, 0.1) is 0 Å². The summed E-state index contributed by atoms with van der Waals surface area (Å²) in [5.74, 6) is -0.367. The number of nitrogens with zero attached hydrogens (tertiary/aromatic N) is 3. The Morgan fingerprint density at radius 1 is 1.21 bits per heavy atom. The molecule has 0 N–H and O–H groups in total. The van der Waals surface area contributed by atoms with Crippen LogP contribution in [0.5, 0.6) is 0 Å². The van der Waals surface area contributed by atoms with E-state index in [2.05, 4.69) is 23.9 Å². The number of halogens is 2. The number of hydrogen-bond donors (Lipinski definition) is 0. The third-order valence-electron chi connectivity index (χ3n) is 3.40. The van der Waals surface area contributed by atoms with Crippen molar-refractivity contribution in [1.29, 1.82) is 0 Å². The van der Waals surface area contributed by atoms with Gasteiger partial charge < -0.3 is 4.90 Å². The fraction of sp³-hybridized carbons (Fsp3) is 0.308. The molecule has 100 valence electrons. The van der Waals surface area contributed by atoms with Crippen LogP contribution in [0.25, 0.3) is 10.9 Å². The molecule has 1 aliphatic heterocycles. The van der Waals surface area contributed by atoms with Crippen LogP contribution >= 0.6 is 21.0 Å². The molecule has 19 heavy (non-hydrogen) atoms. The molecule has 1 aromatic heterocycles. The molecule has 6 heteroatoms. The minimum atomic E-state index is -0.367. The highest BCUT2D eigenvalue weighted by Gasteiger charge is 2.17. The Labute approximate surface area is 118 Å². The highest BCUT2D eigenvalue weighted by atomic mass is 35.5. The predicted molar refractivity (Wildman–Crippen MR) is 80.2 cm³/mol. The summed E-state index contributed by atoms with van der Waals surface area (Å²) in [6.07, 6.45) is 1.65. The van der Waals surface area contributed by atoms with Gasteiger partial charge in [0.15, 0.2) is 5.82 Å². The van der Waals surface area contributed by atoms with Gasteiger partial charge in [0.1, 0.15) is 5.52 Å². The van der Waals surface area contributed by atoms with Crippen molar-refractivity contribution in [3.8, 4) is 0 Å². The second-order valence-electron chi connectivity index (χ2n) is 4.64. The molecule has 3 nitrogen and oxygen atoms in total. The highest BCUT2D eigenvalue weighted by Crippen LogP contribution is 2.30. The molecule has 0 amide bonds. The van der Waals surface area contributed by atoms with Gasteiger partial charge in [0.2, 0.25) is 0 Å². The Kier molecular flexibility index (Phi) is 3.57. The molecule has 1 aliphatic rings. The van der Waals surface area contributed by atoms with Crippen LogP contribution in [0.4, 0.5) is 10.1 Å². The van der Waals surface area contributed by atoms with Gasteiger partial charge >= 0.3 is 0 Å². The van der Waals surface area contributed by atoms with E-state index in [1.807, 2.05) is 6.07 Å². The molecule has 0 spiro atoms. The first-order chi connectivity index (χ1) is 9.15. The lowest BCUT2D eigenvalue weighted by molar-refractivity contribution is 0.429. The maximum atomic E-state index is 13.9. The lowest BCUT2D eigenvalue weighted by Gasteiger charge is -2.34. The molecule has 2 heterocycles. The molecule has 1 fully saturated rings. The maximum absolute atomic E-state index is 13.9. The Bertz CT molecular complexity index is 614. The van der Waals surface area contributed by atoms with E-state index in [1.165, 1.54) is 6.07 Å². The largest absolute Gasteiger partial charge is 0.368 e. The van der Waals surface area contributed by atoms with Gasteiger partial charge in [-0.15, -0.1) is 0 Å². The Morgan fingerprint density at radius 3 is 2.68 bits per heavy atom.